The SMILES string of the molecule is O=C(O)CCNS(=O)(=O)c1ccccc1Cn1cncn1. The van der Waals surface area contributed by atoms with E-state index in [-0.39, 0.29) is 24.4 Å². The Kier molecular flexibility index (Phi) is 4.66. The van der Waals surface area contributed by atoms with E-state index in [1.54, 1.807) is 18.2 Å². The van der Waals surface area contributed by atoms with E-state index < -0.39 is 16.0 Å². The molecule has 1 aromatic heterocycles. The van der Waals surface area contributed by atoms with E-state index in [1.165, 1.54) is 23.4 Å². The van der Waals surface area contributed by atoms with Crippen molar-refractivity contribution in [2.75, 3.05) is 6.54 Å². The quantitative estimate of drug-likeness (QED) is 0.748. The highest BCUT2D eigenvalue weighted by atomic mass is 32.2. The molecule has 0 atom stereocenters. The fraction of sp³-hybridized carbons (Fsp3) is 0.250. The monoisotopic (exact) mass is 310 g/mol. The molecular weight excluding hydrogens is 296 g/mol. The van der Waals surface area contributed by atoms with Gasteiger partial charge < -0.3 is 5.11 Å². The van der Waals surface area contributed by atoms with Crippen LogP contribution >= 0.6 is 0 Å². The van der Waals surface area contributed by atoms with Gasteiger partial charge in [-0.05, 0) is 11.6 Å². The summed E-state index contributed by atoms with van der Waals surface area (Å²) in [5.41, 5.74) is 0.547. The van der Waals surface area contributed by atoms with Crippen molar-refractivity contribution in [2.45, 2.75) is 17.9 Å². The zero-order chi connectivity index (χ0) is 15.3. The van der Waals surface area contributed by atoms with Gasteiger partial charge in [-0.15, -0.1) is 0 Å². The minimum Gasteiger partial charge on any atom is -0.481 e. The molecule has 1 heterocycles. The Bertz CT molecular complexity index is 713. The number of carbonyl (C=O) groups is 1. The third-order valence-corrected chi connectivity index (χ3v) is 4.25. The maximum Gasteiger partial charge on any atom is 0.304 e. The molecule has 0 spiro atoms. The van der Waals surface area contributed by atoms with Crippen molar-refractivity contribution in [3.8, 4) is 0 Å². The van der Waals surface area contributed by atoms with Crippen LogP contribution in [0.2, 0.25) is 0 Å². The Morgan fingerprint density at radius 1 is 1.33 bits per heavy atom. The molecule has 0 fully saturated rings. The van der Waals surface area contributed by atoms with E-state index in [0.717, 1.165) is 0 Å². The summed E-state index contributed by atoms with van der Waals surface area (Å²) in [6.45, 7) is 0.103. The fourth-order valence-electron chi connectivity index (χ4n) is 1.76. The lowest BCUT2D eigenvalue weighted by Gasteiger charge is -2.11. The van der Waals surface area contributed by atoms with Crippen LogP contribution in [0.25, 0.3) is 0 Å². The van der Waals surface area contributed by atoms with Crippen LogP contribution < -0.4 is 4.72 Å². The first kappa shape index (κ1) is 15.1. The Balaban J connectivity index is 2.20. The van der Waals surface area contributed by atoms with Crippen molar-refractivity contribution in [1.29, 1.82) is 0 Å². The second-order valence-corrected chi connectivity index (χ2v) is 5.98. The lowest BCUT2D eigenvalue weighted by atomic mass is 10.2. The molecule has 0 unspecified atom stereocenters. The molecule has 0 radical (unpaired) electrons. The Hall–Kier alpha value is -2.26. The van der Waals surface area contributed by atoms with Gasteiger partial charge in [0, 0.05) is 6.54 Å². The summed E-state index contributed by atoms with van der Waals surface area (Å²) in [6, 6.07) is 6.47. The molecule has 1 aromatic carbocycles. The number of nitrogens with one attached hydrogen (secondary N) is 1. The second kappa shape index (κ2) is 6.46. The van der Waals surface area contributed by atoms with Gasteiger partial charge in [0.25, 0.3) is 0 Å². The molecule has 2 aromatic rings. The van der Waals surface area contributed by atoms with Gasteiger partial charge in [-0.25, -0.2) is 22.8 Å². The third kappa shape index (κ3) is 4.10. The summed E-state index contributed by atoms with van der Waals surface area (Å²) >= 11 is 0. The molecular formula is C12H14N4O4S. The van der Waals surface area contributed by atoms with Crippen molar-refractivity contribution in [3.63, 3.8) is 0 Å². The van der Waals surface area contributed by atoms with Crippen molar-refractivity contribution >= 4 is 16.0 Å². The molecule has 21 heavy (non-hydrogen) atoms. The Morgan fingerprint density at radius 3 is 2.76 bits per heavy atom. The van der Waals surface area contributed by atoms with Crippen molar-refractivity contribution in [2.24, 2.45) is 0 Å². The number of carboxylic acid groups (broad SMARTS) is 1. The number of aromatic nitrogens is 3. The number of rotatable bonds is 7. The van der Waals surface area contributed by atoms with Crippen LogP contribution in [-0.4, -0.2) is 40.8 Å². The number of carboxylic acids is 1. The molecule has 0 saturated heterocycles. The molecule has 0 bridgehead atoms. The van der Waals surface area contributed by atoms with E-state index >= 15 is 0 Å². The van der Waals surface area contributed by atoms with Gasteiger partial charge >= 0.3 is 5.97 Å². The summed E-state index contributed by atoms with van der Waals surface area (Å²) in [5, 5.41) is 12.5. The smallest absolute Gasteiger partial charge is 0.304 e. The van der Waals surface area contributed by atoms with E-state index in [9.17, 15) is 13.2 Å². The van der Waals surface area contributed by atoms with Crippen LogP contribution in [0.3, 0.4) is 0 Å². The maximum atomic E-state index is 12.2. The molecule has 0 aliphatic heterocycles. The van der Waals surface area contributed by atoms with Gasteiger partial charge in [-0.1, -0.05) is 18.2 Å². The first-order valence-electron chi connectivity index (χ1n) is 6.11. The van der Waals surface area contributed by atoms with Gasteiger partial charge in [0.1, 0.15) is 12.7 Å². The van der Waals surface area contributed by atoms with Gasteiger partial charge in [-0.2, -0.15) is 5.10 Å². The third-order valence-electron chi connectivity index (χ3n) is 2.69. The second-order valence-electron chi connectivity index (χ2n) is 4.24. The number of aliphatic carboxylic acids is 1. The number of sulfonamides is 1. The minimum atomic E-state index is -3.76. The predicted octanol–water partition coefficient (Wildman–Crippen LogP) is 0.0794. The zero-order valence-electron chi connectivity index (χ0n) is 11.0. The highest BCUT2D eigenvalue weighted by molar-refractivity contribution is 7.89. The number of benzene rings is 1. The molecule has 9 heteroatoms. The summed E-state index contributed by atoms with van der Waals surface area (Å²) in [6.07, 6.45) is 2.58. The van der Waals surface area contributed by atoms with Gasteiger partial charge in [-0.3, -0.25) is 4.79 Å². The van der Waals surface area contributed by atoms with Crippen molar-refractivity contribution < 1.29 is 18.3 Å². The standard InChI is InChI=1S/C12H14N4O4S/c17-12(18)5-6-15-21(19,20)11-4-2-1-3-10(11)7-16-9-13-8-14-16/h1-4,8-9,15H,5-7H2,(H,17,18). The summed E-state index contributed by atoms with van der Waals surface area (Å²) in [4.78, 5) is 14.4. The lowest BCUT2D eigenvalue weighted by molar-refractivity contribution is -0.136. The van der Waals surface area contributed by atoms with E-state index in [2.05, 4.69) is 14.8 Å². The Morgan fingerprint density at radius 2 is 2.10 bits per heavy atom. The van der Waals surface area contributed by atoms with Crippen LogP contribution in [0.1, 0.15) is 12.0 Å². The molecule has 2 rings (SSSR count). The number of nitrogens with zero attached hydrogens (tertiary/aromatic N) is 3. The van der Waals surface area contributed by atoms with Gasteiger partial charge in [0.05, 0.1) is 17.9 Å². The van der Waals surface area contributed by atoms with E-state index in [0.29, 0.717) is 5.56 Å². The molecule has 112 valence electrons. The van der Waals surface area contributed by atoms with Gasteiger partial charge in [0.2, 0.25) is 10.0 Å². The topological polar surface area (TPSA) is 114 Å². The fourth-order valence-corrected chi connectivity index (χ4v) is 3.02. The molecule has 8 nitrogen and oxygen atoms in total. The molecule has 0 aliphatic carbocycles. The molecule has 2 N–H and O–H groups in total. The first-order chi connectivity index (χ1) is 9.99. The normalized spacial score (nSPS) is 11.4. The lowest BCUT2D eigenvalue weighted by Crippen LogP contribution is -2.27. The largest absolute Gasteiger partial charge is 0.481 e. The van der Waals surface area contributed by atoms with Crippen molar-refractivity contribution in [3.05, 3.63) is 42.5 Å². The summed E-state index contributed by atoms with van der Waals surface area (Å²) in [5.74, 6) is -1.06. The zero-order valence-corrected chi connectivity index (χ0v) is 11.8. The van der Waals surface area contributed by atoms with Crippen molar-refractivity contribution in [1.82, 2.24) is 19.5 Å². The summed E-state index contributed by atoms with van der Waals surface area (Å²) in [7, 11) is -3.76. The minimum absolute atomic E-state index is 0.103. The van der Waals surface area contributed by atoms with E-state index in [1.807, 2.05) is 0 Å². The predicted molar refractivity (Wildman–Crippen MR) is 73.0 cm³/mol. The molecule has 0 aliphatic rings. The van der Waals surface area contributed by atoms with Crippen LogP contribution in [0.5, 0.6) is 0 Å². The van der Waals surface area contributed by atoms with Gasteiger partial charge in [0.15, 0.2) is 0 Å². The first-order valence-corrected chi connectivity index (χ1v) is 7.59. The number of hydrogen-bond donors (Lipinski definition) is 2. The molecule has 0 amide bonds. The highest BCUT2D eigenvalue weighted by Crippen LogP contribution is 2.16. The number of hydrogen-bond acceptors (Lipinski definition) is 5. The maximum absolute atomic E-state index is 12.2. The average molecular weight is 310 g/mol. The summed E-state index contributed by atoms with van der Waals surface area (Å²) < 4.78 is 28.2. The van der Waals surface area contributed by atoms with Crippen LogP contribution in [0.4, 0.5) is 0 Å². The van der Waals surface area contributed by atoms with Crippen LogP contribution in [-0.2, 0) is 21.4 Å². The highest BCUT2D eigenvalue weighted by Gasteiger charge is 2.18. The molecule has 0 saturated carbocycles. The average Bonchev–Trinajstić information content (AvgIpc) is 2.91. The Labute approximate surface area is 121 Å². The van der Waals surface area contributed by atoms with Crippen LogP contribution in [0.15, 0.2) is 41.8 Å². The van der Waals surface area contributed by atoms with Crippen LogP contribution in [0, 0.1) is 0 Å². The van der Waals surface area contributed by atoms with E-state index in [4.69, 9.17) is 5.11 Å².